The lowest BCUT2D eigenvalue weighted by Crippen LogP contribution is -2.41. The minimum atomic E-state index is -1.21. The highest BCUT2D eigenvalue weighted by Crippen LogP contribution is 2.39. The van der Waals surface area contributed by atoms with Crippen molar-refractivity contribution >= 4 is 39.8 Å². The summed E-state index contributed by atoms with van der Waals surface area (Å²) in [6, 6.07) is 17.6. The molecular formula is C32H37NO5S2. The molecule has 40 heavy (non-hydrogen) atoms. The maximum Gasteiger partial charge on any atom is 0.408 e. The standard InChI is InChI=1S/C32H37NO5S2/c1-19-11-9-12-20(2)27(19)39-29(34)25(30(35)40-28-21(3)13-10-14-22(28)4)26(33-31(36)38-32(5,6)7)23-15-17-24(37-8)18-16-23/h9-18,25-26H,1-8H3,(H,33,36)/t26-/m0/s1. The molecule has 1 N–H and O–H groups in total. The molecular weight excluding hydrogens is 542 g/mol. The number of carbonyl (C=O) groups is 3. The van der Waals surface area contributed by atoms with Gasteiger partial charge in [-0.15, -0.1) is 0 Å². The lowest BCUT2D eigenvalue weighted by atomic mass is 9.94. The molecule has 0 unspecified atom stereocenters. The molecule has 0 saturated heterocycles. The van der Waals surface area contributed by atoms with Crippen LogP contribution >= 0.6 is 23.5 Å². The second kappa shape index (κ2) is 13.4. The number of methoxy groups -OCH3 is 1. The number of carbonyl (C=O) groups excluding carboxylic acids is 3. The predicted molar refractivity (Wildman–Crippen MR) is 162 cm³/mol. The molecule has 3 rings (SSSR count). The Labute approximate surface area is 245 Å². The Hall–Kier alpha value is -3.23. The van der Waals surface area contributed by atoms with E-state index in [4.69, 9.17) is 9.47 Å². The summed E-state index contributed by atoms with van der Waals surface area (Å²) in [6.07, 6.45) is -0.715. The molecule has 3 aromatic carbocycles. The van der Waals surface area contributed by atoms with Gasteiger partial charge in [-0.05, 0) is 88.4 Å². The van der Waals surface area contributed by atoms with Gasteiger partial charge in [-0.3, -0.25) is 9.59 Å². The van der Waals surface area contributed by atoms with Crippen LogP contribution in [0.25, 0.3) is 0 Å². The summed E-state index contributed by atoms with van der Waals surface area (Å²) in [7, 11) is 1.56. The van der Waals surface area contributed by atoms with Crippen molar-refractivity contribution in [2.45, 2.75) is 69.9 Å². The number of aryl methyl sites for hydroxylation is 4. The molecule has 0 aliphatic carbocycles. The summed E-state index contributed by atoms with van der Waals surface area (Å²) in [5, 5.41) is 2.12. The number of ether oxygens (including phenoxy) is 2. The van der Waals surface area contributed by atoms with Crippen LogP contribution in [0.1, 0.15) is 54.6 Å². The molecule has 0 heterocycles. The van der Waals surface area contributed by atoms with Gasteiger partial charge in [0, 0.05) is 9.79 Å². The van der Waals surface area contributed by atoms with E-state index in [-0.39, 0.29) is 10.2 Å². The van der Waals surface area contributed by atoms with Crippen molar-refractivity contribution in [3.63, 3.8) is 0 Å². The minimum absolute atomic E-state index is 0.363. The molecule has 0 spiro atoms. The summed E-state index contributed by atoms with van der Waals surface area (Å²) in [5.74, 6) is -0.599. The number of rotatable bonds is 8. The zero-order valence-electron chi connectivity index (χ0n) is 24.3. The van der Waals surface area contributed by atoms with Crippen LogP contribution in [0.15, 0.2) is 70.5 Å². The summed E-state index contributed by atoms with van der Waals surface area (Å²) >= 11 is 2.07. The third-order valence-corrected chi connectivity index (χ3v) is 8.82. The van der Waals surface area contributed by atoms with Gasteiger partial charge in [-0.2, -0.15) is 0 Å². The van der Waals surface area contributed by atoms with Crippen LogP contribution in [0, 0.1) is 33.6 Å². The molecule has 8 heteroatoms. The molecule has 0 fully saturated rings. The Morgan fingerprint density at radius 1 is 0.725 bits per heavy atom. The van der Waals surface area contributed by atoms with E-state index >= 15 is 0 Å². The molecule has 212 valence electrons. The molecule has 3 aromatic rings. The van der Waals surface area contributed by atoms with Crippen molar-refractivity contribution < 1.29 is 23.9 Å². The van der Waals surface area contributed by atoms with E-state index in [1.807, 2.05) is 64.1 Å². The van der Waals surface area contributed by atoms with Gasteiger partial charge < -0.3 is 14.8 Å². The smallest absolute Gasteiger partial charge is 0.408 e. The molecule has 0 saturated carbocycles. The van der Waals surface area contributed by atoms with E-state index in [1.54, 1.807) is 52.1 Å². The van der Waals surface area contributed by atoms with Gasteiger partial charge in [0.1, 0.15) is 17.3 Å². The van der Waals surface area contributed by atoms with Crippen molar-refractivity contribution in [1.29, 1.82) is 0 Å². The average Bonchev–Trinajstić information content (AvgIpc) is 2.87. The summed E-state index contributed by atoms with van der Waals surface area (Å²) in [4.78, 5) is 42.9. The van der Waals surface area contributed by atoms with Gasteiger partial charge in [-0.1, -0.05) is 72.1 Å². The SMILES string of the molecule is COc1ccc([C@H](NC(=O)OC(C)(C)C)C(C(=O)Sc2c(C)cccc2C)C(=O)Sc2c(C)cccc2C)cc1. The number of hydrogen-bond donors (Lipinski definition) is 1. The van der Waals surface area contributed by atoms with Crippen molar-refractivity contribution in [2.24, 2.45) is 5.92 Å². The van der Waals surface area contributed by atoms with E-state index in [2.05, 4.69) is 5.32 Å². The largest absolute Gasteiger partial charge is 0.497 e. The Bertz CT molecular complexity index is 1270. The Morgan fingerprint density at radius 2 is 1.15 bits per heavy atom. The first kappa shape index (κ1) is 31.3. The molecule has 0 aromatic heterocycles. The topological polar surface area (TPSA) is 81.7 Å². The van der Waals surface area contributed by atoms with E-state index in [0.717, 1.165) is 55.6 Å². The second-order valence-corrected chi connectivity index (χ2v) is 12.7. The third-order valence-electron chi connectivity index (χ3n) is 6.21. The molecule has 0 aliphatic heterocycles. The molecule has 0 bridgehead atoms. The maximum atomic E-state index is 14.1. The van der Waals surface area contributed by atoms with Gasteiger partial charge in [0.25, 0.3) is 0 Å². The highest BCUT2D eigenvalue weighted by atomic mass is 32.2. The molecule has 6 nitrogen and oxygen atoms in total. The molecule has 1 atom stereocenters. The zero-order chi connectivity index (χ0) is 29.6. The first-order valence-corrected chi connectivity index (χ1v) is 14.6. The number of thioether (sulfide) groups is 2. The zero-order valence-corrected chi connectivity index (χ0v) is 25.9. The lowest BCUT2D eigenvalue weighted by Gasteiger charge is -2.28. The summed E-state index contributed by atoms with van der Waals surface area (Å²) in [5.41, 5.74) is 3.57. The Balaban J connectivity index is 2.12. The van der Waals surface area contributed by atoms with Gasteiger partial charge in [0.15, 0.2) is 0 Å². The Morgan fingerprint density at radius 3 is 1.52 bits per heavy atom. The maximum absolute atomic E-state index is 14.1. The number of nitrogens with one attached hydrogen (secondary N) is 1. The van der Waals surface area contributed by atoms with Crippen LogP contribution in [0.4, 0.5) is 4.79 Å². The minimum Gasteiger partial charge on any atom is -0.497 e. The number of alkyl carbamates (subject to hydrolysis) is 1. The van der Waals surface area contributed by atoms with Crippen LogP contribution in [0.2, 0.25) is 0 Å². The second-order valence-electron chi connectivity index (χ2n) is 10.7. The van der Waals surface area contributed by atoms with E-state index in [1.165, 1.54) is 0 Å². The van der Waals surface area contributed by atoms with Gasteiger partial charge in [0.2, 0.25) is 10.2 Å². The van der Waals surface area contributed by atoms with Crippen LogP contribution in [-0.2, 0) is 14.3 Å². The van der Waals surface area contributed by atoms with Gasteiger partial charge >= 0.3 is 6.09 Å². The van der Waals surface area contributed by atoms with Crippen molar-refractivity contribution in [3.8, 4) is 5.75 Å². The van der Waals surface area contributed by atoms with Crippen LogP contribution in [0.5, 0.6) is 5.75 Å². The third kappa shape index (κ3) is 8.15. The predicted octanol–water partition coefficient (Wildman–Crippen LogP) is 7.75. The monoisotopic (exact) mass is 579 g/mol. The molecule has 1 amide bonds. The highest BCUT2D eigenvalue weighted by Gasteiger charge is 2.39. The fourth-order valence-electron chi connectivity index (χ4n) is 4.22. The fourth-order valence-corrected chi connectivity index (χ4v) is 6.35. The van der Waals surface area contributed by atoms with Crippen LogP contribution < -0.4 is 10.1 Å². The summed E-state index contributed by atoms with van der Waals surface area (Å²) in [6.45, 7) is 13.0. The first-order chi connectivity index (χ1) is 18.8. The van der Waals surface area contributed by atoms with Gasteiger partial charge in [-0.25, -0.2) is 4.79 Å². The van der Waals surface area contributed by atoms with Crippen LogP contribution in [-0.4, -0.2) is 29.0 Å². The van der Waals surface area contributed by atoms with Crippen molar-refractivity contribution in [3.05, 3.63) is 88.5 Å². The van der Waals surface area contributed by atoms with Crippen molar-refractivity contribution in [1.82, 2.24) is 5.32 Å². The fraction of sp³-hybridized carbons (Fsp3) is 0.344. The number of hydrogen-bond acceptors (Lipinski definition) is 7. The van der Waals surface area contributed by atoms with E-state index < -0.39 is 23.7 Å². The normalized spacial score (nSPS) is 12.1. The first-order valence-electron chi connectivity index (χ1n) is 13.0. The highest BCUT2D eigenvalue weighted by molar-refractivity contribution is 8.16. The quantitative estimate of drug-likeness (QED) is 0.216. The van der Waals surface area contributed by atoms with Crippen LogP contribution in [0.3, 0.4) is 0 Å². The molecule has 0 radical (unpaired) electrons. The lowest BCUT2D eigenvalue weighted by molar-refractivity contribution is -0.124. The van der Waals surface area contributed by atoms with E-state index in [0.29, 0.717) is 11.3 Å². The Kier molecular flexibility index (Phi) is 10.5. The molecule has 0 aliphatic rings. The number of amides is 1. The van der Waals surface area contributed by atoms with E-state index in [9.17, 15) is 14.4 Å². The van der Waals surface area contributed by atoms with Gasteiger partial charge in [0.05, 0.1) is 13.2 Å². The summed E-state index contributed by atoms with van der Waals surface area (Å²) < 4.78 is 10.9. The van der Waals surface area contributed by atoms with Crippen molar-refractivity contribution in [2.75, 3.05) is 7.11 Å². The average molecular weight is 580 g/mol. The number of benzene rings is 3.